The SMILES string of the molecule is c1ccc(-c2ccc(N(c3ccc4c(c3)C(c3ccccc3)(c3ccccc3)c3ccccc3-4)c3cccc4c3oc3ccccc34)cc2)cc1. The van der Waals surface area contributed by atoms with Crippen molar-refractivity contribution in [1.29, 1.82) is 0 Å². The van der Waals surface area contributed by atoms with Crippen LogP contribution in [0.25, 0.3) is 44.2 Å². The van der Waals surface area contributed by atoms with E-state index >= 15 is 0 Å². The molecule has 0 atom stereocenters. The molecule has 9 aromatic rings. The van der Waals surface area contributed by atoms with E-state index < -0.39 is 5.41 Å². The maximum absolute atomic E-state index is 6.68. The van der Waals surface area contributed by atoms with Crippen molar-refractivity contribution in [1.82, 2.24) is 0 Å². The standard InChI is InChI=1S/C49H33NO/c1-4-15-34(16-5-1)35-27-29-38(30-28-35)50(46-25-14-23-43-42-22-11-13-26-47(42)51-48(43)46)39-31-32-41-40-21-10-12-24-44(40)49(45(41)33-39,36-17-6-2-7-18-36)37-19-8-3-9-20-37/h1-33H. The van der Waals surface area contributed by atoms with E-state index in [9.17, 15) is 0 Å². The van der Waals surface area contributed by atoms with Crippen molar-refractivity contribution < 1.29 is 4.42 Å². The fourth-order valence-electron chi connectivity index (χ4n) is 8.34. The van der Waals surface area contributed by atoms with Crippen LogP contribution in [-0.2, 0) is 5.41 Å². The van der Waals surface area contributed by atoms with E-state index in [-0.39, 0.29) is 0 Å². The van der Waals surface area contributed by atoms with Gasteiger partial charge in [0.15, 0.2) is 5.58 Å². The molecule has 1 heterocycles. The Morgan fingerprint density at radius 3 is 1.71 bits per heavy atom. The highest BCUT2D eigenvalue weighted by atomic mass is 16.3. The van der Waals surface area contributed by atoms with Gasteiger partial charge in [-0.3, -0.25) is 0 Å². The van der Waals surface area contributed by atoms with Gasteiger partial charge in [-0.1, -0.05) is 164 Å². The molecule has 0 fully saturated rings. The van der Waals surface area contributed by atoms with Crippen molar-refractivity contribution in [2.75, 3.05) is 4.90 Å². The van der Waals surface area contributed by atoms with Crippen molar-refractivity contribution in [3.8, 4) is 22.3 Å². The number of anilines is 3. The normalized spacial score (nSPS) is 12.9. The molecule has 8 aromatic carbocycles. The zero-order valence-electron chi connectivity index (χ0n) is 27.9. The van der Waals surface area contributed by atoms with Crippen LogP contribution in [0.2, 0.25) is 0 Å². The molecular formula is C49H33NO. The van der Waals surface area contributed by atoms with Crippen LogP contribution in [0.15, 0.2) is 205 Å². The van der Waals surface area contributed by atoms with E-state index in [2.05, 4.69) is 199 Å². The highest BCUT2D eigenvalue weighted by Gasteiger charge is 2.46. The van der Waals surface area contributed by atoms with Gasteiger partial charge in [-0.15, -0.1) is 0 Å². The summed E-state index contributed by atoms with van der Waals surface area (Å²) >= 11 is 0. The van der Waals surface area contributed by atoms with E-state index in [0.717, 1.165) is 39.0 Å². The van der Waals surface area contributed by atoms with Gasteiger partial charge in [-0.2, -0.15) is 0 Å². The van der Waals surface area contributed by atoms with E-state index in [1.165, 1.54) is 44.5 Å². The molecule has 51 heavy (non-hydrogen) atoms. The van der Waals surface area contributed by atoms with Gasteiger partial charge in [-0.05, 0) is 80.9 Å². The highest BCUT2D eigenvalue weighted by molar-refractivity contribution is 6.10. The molecule has 10 rings (SSSR count). The fraction of sp³-hybridized carbons (Fsp3) is 0.0204. The number of nitrogens with zero attached hydrogens (tertiary/aromatic N) is 1. The lowest BCUT2D eigenvalue weighted by molar-refractivity contribution is 0.669. The Balaban J connectivity index is 1.25. The van der Waals surface area contributed by atoms with Gasteiger partial charge in [0, 0.05) is 22.1 Å². The molecule has 1 aliphatic rings. The van der Waals surface area contributed by atoms with E-state index in [4.69, 9.17) is 4.42 Å². The maximum atomic E-state index is 6.68. The Bertz CT molecular complexity index is 2640. The third kappa shape index (κ3) is 4.50. The summed E-state index contributed by atoms with van der Waals surface area (Å²) < 4.78 is 6.68. The lowest BCUT2D eigenvalue weighted by Crippen LogP contribution is -2.28. The molecule has 0 N–H and O–H groups in total. The van der Waals surface area contributed by atoms with Crippen LogP contribution in [0.1, 0.15) is 22.3 Å². The Kier molecular flexibility index (Phi) is 6.75. The van der Waals surface area contributed by atoms with Gasteiger partial charge in [0.2, 0.25) is 0 Å². The summed E-state index contributed by atoms with van der Waals surface area (Å²) in [5.74, 6) is 0. The quantitative estimate of drug-likeness (QED) is 0.178. The minimum Gasteiger partial charge on any atom is -0.454 e. The van der Waals surface area contributed by atoms with Crippen molar-refractivity contribution in [2.24, 2.45) is 0 Å². The van der Waals surface area contributed by atoms with Crippen LogP contribution in [-0.4, -0.2) is 0 Å². The third-order valence-corrected chi connectivity index (χ3v) is 10.6. The van der Waals surface area contributed by atoms with Crippen LogP contribution in [0, 0.1) is 0 Å². The second kappa shape index (κ2) is 11.8. The number of hydrogen-bond donors (Lipinski definition) is 0. The van der Waals surface area contributed by atoms with Crippen LogP contribution in [0.5, 0.6) is 0 Å². The Hall–Kier alpha value is -6.64. The lowest BCUT2D eigenvalue weighted by Gasteiger charge is -2.35. The van der Waals surface area contributed by atoms with Gasteiger partial charge in [0.25, 0.3) is 0 Å². The molecule has 1 aromatic heterocycles. The number of para-hydroxylation sites is 2. The lowest BCUT2D eigenvalue weighted by atomic mass is 9.67. The maximum Gasteiger partial charge on any atom is 0.159 e. The minimum atomic E-state index is -0.501. The van der Waals surface area contributed by atoms with Gasteiger partial charge < -0.3 is 9.32 Å². The Labute approximate surface area is 297 Å². The van der Waals surface area contributed by atoms with Crippen molar-refractivity contribution in [3.05, 3.63) is 222 Å². The summed E-state index contributed by atoms with van der Waals surface area (Å²) in [6.45, 7) is 0. The molecule has 0 aliphatic heterocycles. The van der Waals surface area contributed by atoms with Crippen molar-refractivity contribution in [2.45, 2.75) is 5.41 Å². The van der Waals surface area contributed by atoms with Crippen molar-refractivity contribution in [3.63, 3.8) is 0 Å². The number of hydrogen-bond acceptors (Lipinski definition) is 2. The fourth-order valence-corrected chi connectivity index (χ4v) is 8.34. The minimum absolute atomic E-state index is 0.501. The summed E-state index contributed by atoms with van der Waals surface area (Å²) in [7, 11) is 0. The molecule has 0 radical (unpaired) electrons. The average molecular weight is 652 g/mol. The molecule has 0 spiro atoms. The smallest absolute Gasteiger partial charge is 0.159 e. The zero-order chi connectivity index (χ0) is 33.8. The molecule has 2 heteroatoms. The number of rotatable bonds is 6. The van der Waals surface area contributed by atoms with Gasteiger partial charge in [-0.25, -0.2) is 0 Å². The summed E-state index contributed by atoms with van der Waals surface area (Å²) in [5.41, 5.74) is 14.3. The first-order valence-corrected chi connectivity index (χ1v) is 17.5. The van der Waals surface area contributed by atoms with Gasteiger partial charge >= 0.3 is 0 Å². The molecule has 2 nitrogen and oxygen atoms in total. The monoisotopic (exact) mass is 651 g/mol. The van der Waals surface area contributed by atoms with Crippen molar-refractivity contribution >= 4 is 39.0 Å². The number of benzene rings is 8. The highest BCUT2D eigenvalue weighted by Crippen LogP contribution is 2.57. The third-order valence-electron chi connectivity index (χ3n) is 10.6. The summed E-state index contributed by atoms with van der Waals surface area (Å²) in [4.78, 5) is 2.36. The Morgan fingerprint density at radius 2 is 0.961 bits per heavy atom. The molecule has 0 unspecified atom stereocenters. The van der Waals surface area contributed by atoms with Crippen LogP contribution < -0.4 is 4.90 Å². The summed E-state index contributed by atoms with van der Waals surface area (Å²) in [5, 5.41) is 2.22. The van der Waals surface area contributed by atoms with Crippen LogP contribution >= 0.6 is 0 Å². The van der Waals surface area contributed by atoms with E-state index in [1.807, 2.05) is 6.07 Å². The second-order valence-corrected chi connectivity index (χ2v) is 13.3. The molecule has 0 bridgehead atoms. The molecule has 0 saturated heterocycles. The predicted molar refractivity (Wildman–Crippen MR) is 211 cm³/mol. The zero-order valence-corrected chi connectivity index (χ0v) is 27.9. The first kappa shape index (κ1) is 29.3. The molecule has 0 amide bonds. The molecule has 0 saturated carbocycles. The van der Waals surface area contributed by atoms with Crippen LogP contribution in [0.4, 0.5) is 17.1 Å². The number of fused-ring (bicyclic) bond motifs is 6. The molecular weight excluding hydrogens is 619 g/mol. The summed E-state index contributed by atoms with van der Waals surface area (Å²) in [6.07, 6.45) is 0. The second-order valence-electron chi connectivity index (χ2n) is 13.3. The Morgan fingerprint density at radius 1 is 0.392 bits per heavy atom. The average Bonchev–Trinajstić information content (AvgIpc) is 3.74. The van der Waals surface area contributed by atoms with Gasteiger partial charge in [0.05, 0.1) is 11.1 Å². The van der Waals surface area contributed by atoms with Gasteiger partial charge in [0.1, 0.15) is 5.58 Å². The first-order valence-electron chi connectivity index (χ1n) is 17.5. The summed E-state index contributed by atoms with van der Waals surface area (Å²) in [6, 6.07) is 72.2. The van der Waals surface area contributed by atoms with E-state index in [1.54, 1.807) is 0 Å². The molecule has 1 aliphatic carbocycles. The first-order chi connectivity index (χ1) is 25.3. The predicted octanol–water partition coefficient (Wildman–Crippen LogP) is 13.1. The molecule has 240 valence electrons. The number of furan rings is 1. The largest absolute Gasteiger partial charge is 0.454 e. The van der Waals surface area contributed by atoms with E-state index in [0.29, 0.717) is 0 Å². The topological polar surface area (TPSA) is 16.4 Å². The van der Waals surface area contributed by atoms with Crippen LogP contribution in [0.3, 0.4) is 0 Å².